The van der Waals surface area contributed by atoms with Gasteiger partial charge in [-0.15, -0.1) is 0 Å². The Kier molecular flexibility index (Phi) is 5.14. The highest BCUT2D eigenvalue weighted by Crippen LogP contribution is 2.20. The van der Waals surface area contributed by atoms with E-state index in [2.05, 4.69) is 27.2 Å². The van der Waals surface area contributed by atoms with Crippen LogP contribution >= 0.6 is 0 Å². The van der Waals surface area contributed by atoms with Gasteiger partial charge in [-0.25, -0.2) is 4.98 Å². The van der Waals surface area contributed by atoms with Crippen molar-refractivity contribution in [1.82, 2.24) is 14.5 Å². The van der Waals surface area contributed by atoms with Gasteiger partial charge in [-0.05, 0) is 37.1 Å². The number of hydrogen-bond acceptors (Lipinski definition) is 4. The van der Waals surface area contributed by atoms with Gasteiger partial charge in [0.2, 0.25) is 0 Å². The summed E-state index contributed by atoms with van der Waals surface area (Å²) in [6.45, 7) is 7.25. The van der Waals surface area contributed by atoms with Gasteiger partial charge in [-0.3, -0.25) is 4.98 Å². The Morgan fingerprint density at radius 1 is 1.20 bits per heavy atom. The molecule has 0 bridgehead atoms. The Morgan fingerprint density at radius 2 is 2.04 bits per heavy atom. The van der Waals surface area contributed by atoms with E-state index in [-0.39, 0.29) is 0 Å². The van der Waals surface area contributed by atoms with E-state index in [1.54, 1.807) is 6.20 Å². The molecule has 0 saturated carbocycles. The number of benzene rings is 1. The molecule has 0 unspecified atom stereocenters. The number of ether oxygens (including phenoxy) is 1. The molecule has 2 aromatic heterocycles. The van der Waals surface area contributed by atoms with E-state index in [4.69, 9.17) is 10.5 Å². The first-order chi connectivity index (χ1) is 12.2. The average molecular weight is 334 g/mol. The molecule has 25 heavy (non-hydrogen) atoms. The number of para-hydroxylation sites is 1. The van der Waals surface area contributed by atoms with E-state index in [1.807, 2.05) is 49.8 Å². The number of pyridine rings is 1. The maximum absolute atomic E-state index is 5.76. The number of nitrogens with zero attached hydrogens (tertiary/aromatic N) is 3. The zero-order valence-corrected chi connectivity index (χ0v) is 14.4. The lowest BCUT2D eigenvalue weighted by atomic mass is 10.1. The number of imidazole rings is 1. The predicted molar refractivity (Wildman–Crippen MR) is 100.0 cm³/mol. The van der Waals surface area contributed by atoms with E-state index in [1.165, 1.54) is 5.56 Å². The highest BCUT2D eigenvalue weighted by Gasteiger charge is 2.07. The minimum Gasteiger partial charge on any atom is -0.494 e. The second-order valence-electron chi connectivity index (χ2n) is 5.74. The lowest BCUT2D eigenvalue weighted by Crippen LogP contribution is -2.02. The first kappa shape index (κ1) is 16.8. The van der Waals surface area contributed by atoms with Crippen molar-refractivity contribution >= 4 is 5.70 Å². The second-order valence-corrected chi connectivity index (χ2v) is 5.74. The maximum Gasteiger partial charge on any atom is 0.122 e. The van der Waals surface area contributed by atoms with Gasteiger partial charge in [-0.1, -0.05) is 24.8 Å². The topological polar surface area (TPSA) is 66.0 Å². The molecule has 0 aliphatic rings. The summed E-state index contributed by atoms with van der Waals surface area (Å²) >= 11 is 0. The van der Waals surface area contributed by atoms with Crippen molar-refractivity contribution in [3.63, 3.8) is 0 Å². The molecule has 0 aliphatic carbocycles. The number of aromatic nitrogens is 3. The standard InChI is InChI=1S/C20H22N4O/c1-3-25-20-7-5-4-6-16(20)9-11-24-13-19(23-14-24)18-12-17(15(2)21)8-10-22-18/h4-8,10,12-14H,2-3,9,11,21H2,1H3. The van der Waals surface area contributed by atoms with Gasteiger partial charge in [0.1, 0.15) is 11.4 Å². The molecule has 5 heteroatoms. The summed E-state index contributed by atoms with van der Waals surface area (Å²) in [7, 11) is 0. The molecule has 0 amide bonds. The fourth-order valence-electron chi connectivity index (χ4n) is 2.64. The van der Waals surface area contributed by atoms with Crippen LogP contribution in [0.1, 0.15) is 18.1 Å². The van der Waals surface area contributed by atoms with Crippen molar-refractivity contribution in [2.24, 2.45) is 5.73 Å². The minimum absolute atomic E-state index is 0.524. The summed E-state index contributed by atoms with van der Waals surface area (Å²) in [6, 6.07) is 11.9. The van der Waals surface area contributed by atoms with E-state index in [9.17, 15) is 0 Å². The fraction of sp³-hybridized carbons (Fsp3) is 0.200. The van der Waals surface area contributed by atoms with Gasteiger partial charge in [0.15, 0.2) is 0 Å². The van der Waals surface area contributed by atoms with Crippen LogP contribution in [-0.4, -0.2) is 21.1 Å². The van der Waals surface area contributed by atoms with Crippen LogP contribution in [0.3, 0.4) is 0 Å². The minimum atomic E-state index is 0.524. The molecule has 5 nitrogen and oxygen atoms in total. The van der Waals surface area contributed by atoms with Gasteiger partial charge in [0.05, 0.1) is 18.6 Å². The zero-order chi connectivity index (χ0) is 17.6. The zero-order valence-electron chi connectivity index (χ0n) is 14.4. The maximum atomic E-state index is 5.76. The van der Waals surface area contributed by atoms with Crippen LogP contribution in [-0.2, 0) is 13.0 Å². The summed E-state index contributed by atoms with van der Waals surface area (Å²) in [6.07, 6.45) is 6.41. The quantitative estimate of drug-likeness (QED) is 0.718. The van der Waals surface area contributed by atoms with Crippen molar-refractivity contribution < 1.29 is 4.74 Å². The third kappa shape index (κ3) is 4.07. The summed E-state index contributed by atoms with van der Waals surface area (Å²) in [4.78, 5) is 8.83. The van der Waals surface area contributed by atoms with Crippen molar-refractivity contribution in [1.29, 1.82) is 0 Å². The molecule has 2 heterocycles. The van der Waals surface area contributed by atoms with Gasteiger partial charge < -0.3 is 15.0 Å². The van der Waals surface area contributed by atoms with Crippen LogP contribution in [0.4, 0.5) is 0 Å². The van der Waals surface area contributed by atoms with Gasteiger partial charge in [0.25, 0.3) is 0 Å². The first-order valence-electron chi connectivity index (χ1n) is 8.31. The summed E-state index contributed by atoms with van der Waals surface area (Å²) in [5, 5.41) is 0. The Morgan fingerprint density at radius 3 is 2.84 bits per heavy atom. The summed E-state index contributed by atoms with van der Waals surface area (Å²) < 4.78 is 7.74. The SMILES string of the molecule is C=C(N)c1ccnc(-c2cn(CCc3ccccc3OCC)cn2)c1. The molecular weight excluding hydrogens is 312 g/mol. The molecule has 3 aromatic rings. The monoisotopic (exact) mass is 334 g/mol. The molecule has 0 saturated heterocycles. The molecule has 0 fully saturated rings. The van der Waals surface area contributed by atoms with E-state index >= 15 is 0 Å². The Balaban J connectivity index is 1.72. The fourth-order valence-corrected chi connectivity index (χ4v) is 2.64. The Hall–Kier alpha value is -3.08. The number of aryl methyl sites for hydroxylation is 2. The molecule has 0 atom stereocenters. The lowest BCUT2D eigenvalue weighted by Gasteiger charge is -2.10. The lowest BCUT2D eigenvalue weighted by molar-refractivity contribution is 0.336. The molecule has 3 rings (SSSR count). The predicted octanol–water partition coefficient (Wildman–Crippen LogP) is 3.52. The van der Waals surface area contributed by atoms with Crippen molar-refractivity contribution in [2.75, 3.05) is 6.61 Å². The van der Waals surface area contributed by atoms with E-state index in [0.29, 0.717) is 12.3 Å². The first-order valence-corrected chi connectivity index (χ1v) is 8.31. The normalized spacial score (nSPS) is 10.6. The molecule has 1 aromatic carbocycles. The van der Waals surface area contributed by atoms with Crippen LogP contribution in [0.15, 0.2) is 61.7 Å². The molecule has 2 N–H and O–H groups in total. The third-order valence-corrected chi connectivity index (χ3v) is 3.94. The van der Waals surface area contributed by atoms with Crippen LogP contribution in [0, 0.1) is 0 Å². The van der Waals surface area contributed by atoms with Crippen LogP contribution in [0.25, 0.3) is 17.1 Å². The molecule has 128 valence electrons. The highest BCUT2D eigenvalue weighted by molar-refractivity contribution is 5.65. The Labute approximate surface area is 147 Å². The van der Waals surface area contributed by atoms with E-state index < -0.39 is 0 Å². The number of hydrogen-bond donors (Lipinski definition) is 1. The smallest absolute Gasteiger partial charge is 0.122 e. The van der Waals surface area contributed by atoms with Crippen molar-refractivity contribution in [2.45, 2.75) is 19.9 Å². The third-order valence-electron chi connectivity index (χ3n) is 3.94. The number of nitrogens with two attached hydrogens (primary N) is 1. The number of rotatable bonds is 7. The van der Waals surface area contributed by atoms with Crippen molar-refractivity contribution in [3.8, 4) is 17.1 Å². The van der Waals surface area contributed by atoms with Crippen molar-refractivity contribution in [3.05, 3.63) is 72.8 Å². The summed E-state index contributed by atoms with van der Waals surface area (Å²) in [5.41, 5.74) is 9.95. The van der Waals surface area contributed by atoms with Crippen LogP contribution in [0.5, 0.6) is 5.75 Å². The molecular formula is C20H22N4O. The highest BCUT2D eigenvalue weighted by atomic mass is 16.5. The Bertz CT molecular complexity index is 869. The summed E-state index contributed by atoms with van der Waals surface area (Å²) in [5.74, 6) is 0.946. The second kappa shape index (κ2) is 7.66. The van der Waals surface area contributed by atoms with Crippen LogP contribution in [0.2, 0.25) is 0 Å². The van der Waals surface area contributed by atoms with E-state index in [0.717, 1.165) is 35.7 Å². The van der Waals surface area contributed by atoms with Gasteiger partial charge in [-0.2, -0.15) is 0 Å². The molecule has 0 spiro atoms. The van der Waals surface area contributed by atoms with Gasteiger partial charge in [0, 0.05) is 30.2 Å². The molecule has 0 radical (unpaired) electrons. The average Bonchev–Trinajstić information content (AvgIpc) is 3.10. The largest absolute Gasteiger partial charge is 0.494 e. The van der Waals surface area contributed by atoms with Crippen LogP contribution < -0.4 is 10.5 Å². The molecule has 0 aliphatic heterocycles. The van der Waals surface area contributed by atoms with Gasteiger partial charge >= 0.3 is 0 Å².